The van der Waals surface area contributed by atoms with Crippen molar-refractivity contribution >= 4 is 0 Å². The third-order valence-corrected chi connectivity index (χ3v) is 6.51. The molecule has 0 aliphatic carbocycles. The Balaban J connectivity index is 1.89. The molecule has 170 valence electrons. The van der Waals surface area contributed by atoms with E-state index in [0.717, 1.165) is 0 Å². The van der Waals surface area contributed by atoms with E-state index in [1.165, 1.54) is 141 Å². The van der Waals surface area contributed by atoms with Crippen LogP contribution in [0.4, 0.5) is 0 Å². The van der Waals surface area contributed by atoms with Crippen molar-refractivity contribution in [3.05, 3.63) is 18.2 Å². The molecule has 2 nitrogen and oxygen atoms in total. The van der Waals surface area contributed by atoms with Gasteiger partial charge in [-0.2, -0.15) is 0 Å². The standard InChI is InChI=1S/C27H53N2/c1-4-6-8-10-11-12-13-14-15-16-17-18-19-20-22-24-29-26-25-28(27(29)3)23-21-9-7-5-2/h25-26H,4-24H2,1-3H3/q+1. The molecule has 1 rings (SSSR count). The summed E-state index contributed by atoms with van der Waals surface area (Å²) in [5.74, 6) is 1.44. The smallest absolute Gasteiger partial charge is 0.234 e. The molecule has 0 unspecified atom stereocenters. The molecule has 0 bridgehead atoms. The lowest BCUT2D eigenvalue weighted by Crippen LogP contribution is -2.35. The molecule has 2 heteroatoms. The number of aromatic nitrogens is 2. The van der Waals surface area contributed by atoms with E-state index in [1.807, 2.05) is 0 Å². The molecule has 0 fully saturated rings. The molecule has 0 spiro atoms. The number of unbranched alkanes of at least 4 members (excludes halogenated alkanes) is 17. The van der Waals surface area contributed by atoms with Crippen LogP contribution in [-0.2, 0) is 13.1 Å². The van der Waals surface area contributed by atoms with Crippen LogP contribution >= 0.6 is 0 Å². The lowest BCUT2D eigenvalue weighted by atomic mass is 10.0. The molecule has 1 aromatic heterocycles. The zero-order chi connectivity index (χ0) is 21.0. The van der Waals surface area contributed by atoms with Gasteiger partial charge in [0, 0.05) is 6.92 Å². The van der Waals surface area contributed by atoms with E-state index < -0.39 is 0 Å². The monoisotopic (exact) mass is 405 g/mol. The zero-order valence-electron chi connectivity index (χ0n) is 20.4. The average Bonchev–Trinajstić information content (AvgIpc) is 3.08. The summed E-state index contributed by atoms with van der Waals surface area (Å²) in [4.78, 5) is 0. The van der Waals surface area contributed by atoms with Crippen LogP contribution < -0.4 is 4.57 Å². The fourth-order valence-corrected chi connectivity index (χ4v) is 4.38. The van der Waals surface area contributed by atoms with E-state index in [0.29, 0.717) is 0 Å². The Bertz CT molecular complexity index is 463. The third kappa shape index (κ3) is 13.9. The van der Waals surface area contributed by atoms with Crippen LogP contribution in [0.3, 0.4) is 0 Å². The highest BCUT2D eigenvalue weighted by Crippen LogP contribution is 2.13. The topological polar surface area (TPSA) is 8.81 Å². The van der Waals surface area contributed by atoms with E-state index >= 15 is 0 Å². The minimum absolute atomic E-state index is 1.19. The highest BCUT2D eigenvalue weighted by atomic mass is 15.1. The van der Waals surface area contributed by atoms with E-state index in [2.05, 4.69) is 42.3 Å². The first-order chi connectivity index (χ1) is 14.3. The third-order valence-electron chi connectivity index (χ3n) is 6.51. The van der Waals surface area contributed by atoms with Crippen LogP contribution in [0, 0.1) is 6.92 Å². The molecular formula is C27H53N2+. The lowest BCUT2D eigenvalue weighted by molar-refractivity contribution is -0.702. The SMILES string of the molecule is CCCCCCCCCCCCCCCCCn1cc[n+](CCCCCC)c1C. The molecule has 0 N–H and O–H groups in total. The maximum Gasteiger partial charge on any atom is 0.253 e. The van der Waals surface area contributed by atoms with Crippen molar-refractivity contribution in [2.45, 2.75) is 156 Å². The minimum Gasteiger partial charge on any atom is -0.234 e. The molecule has 29 heavy (non-hydrogen) atoms. The van der Waals surface area contributed by atoms with Crippen LogP contribution in [0.2, 0.25) is 0 Å². The lowest BCUT2D eigenvalue weighted by Gasteiger charge is -2.04. The molecule has 0 saturated heterocycles. The summed E-state index contributed by atoms with van der Waals surface area (Å²) < 4.78 is 4.91. The van der Waals surface area contributed by atoms with Gasteiger partial charge in [0.25, 0.3) is 5.82 Å². The largest absolute Gasteiger partial charge is 0.253 e. The van der Waals surface area contributed by atoms with Gasteiger partial charge in [0.2, 0.25) is 0 Å². The number of rotatable bonds is 21. The molecule has 0 aliphatic rings. The van der Waals surface area contributed by atoms with E-state index in [4.69, 9.17) is 0 Å². The average molecular weight is 406 g/mol. The van der Waals surface area contributed by atoms with Gasteiger partial charge in [-0.3, -0.25) is 0 Å². The summed E-state index contributed by atoms with van der Waals surface area (Å²) in [6.07, 6.45) is 31.6. The normalized spacial score (nSPS) is 11.4. The van der Waals surface area contributed by atoms with E-state index in [1.54, 1.807) is 0 Å². The van der Waals surface area contributed by atoms with Gasteiger partial charge in [0.05, 0.1) is 13.1 Å². The molecule has 1 aromatic rings. The number of hydrogen-bond acceptors (Lipinski definition) is 0. The second kappa shape index (κ2) is 19.2. The van der Waals surface area contributed by atoms with Crippen molar-refractivity contribution in [3.63, 3.8) is 0 Å². The van der Waals surface area contributed by atoms with Gasteiger partial charge in [-0.15, -0.1) is 0 Å². The number of imidazole rings is 1. The Kier molecular flexibility index (Phi) is 17.4. The fraction of sp³-hybridized carbons (Fsp3) is 0.889. The maximum atomic E-state index is 2.46. The molecular weight excluding hydrogens is 352 g/mol. The predicted molar refractivity (Wildman–Crippen MR) is 128 cm³/mol. The first-order valence-corrected chi connectivity index (χ1v) is 13.3. The highest BCUT2D eigenvalue weighted by molar-refractivity contribution is 4.79. The van der Waals surface area contributed by atoms with Gasteiger partial charge in [-0.1, -0.05) is 110 Å². The zero-order valence-corrected chi connectivity index (χ0v) is 20.4. The molecule has 1 heterocycles. The van der Waals surface area contributed by atoms with Crippen LogP contribution in [-0.4, -0.2) is 4.57 Å². The Labute approximate surface area is 183 Å². The van der Waals surface area contributed by atoms with Crippen LogP contribution in [0.15, 0.2) is 12.4 Å². The summed E-state index contributed by atoms with van der Waals surface area (Å²) in [6.45, 7) is 9.26. The number of aryl methyl sites for hydroxylation is 2. The van der Waals surface area contributed by atoms with E-state index in [-0.39, 0.29) is 0 Å². The number of nitrogens with zero attached hydrogens (tertiary/aromatic N) is 2. The minimum atomic E-state index is 1.19. The number of hydrogen-bond donors (Lipinski definition) is 0. The Morgan fingerprint density at radius 3 is 1.48 bits per heavy atom. The van der Waals surface area contributed by atoms with Crippen LogP contribution in [0.1, 0.15) is 142 Å². The first kappa shape index (κ1) is 26.2. The Morgan fingerprint density at radius 1 is 0.586 bits per heavy atom. The van der Waals surface area contributed by atoms with Crippen molar-refractivity contribution in [1.29, 1.82) is 0 Å². The molecule has 0 saturated carbocycles. The molecule has 0 radical (unpaired) electrons. The second-order valence-electron chi connectivity index (χ2n) is 9.24. The molecule has 0 aliphatic heterocycles. The van der Waals surface area contributed by atoms with Gasteiger partial charge >= 0.3 is 0 Å². The maximum absolute atomic E-state index is 2.46. The fourth-order valence-electron chi connectivity index (χ4n) is 4.38. The van der Waals surface area contributed by atoms with Crippen molar-refractivity contribution in [3.8, 4) is 0 Å². The first-order valence-electron chi connectivity index (χ1n) is 13.3. The van der Waals surface area contributed by atoms with Crippen molar-refractivity contribution < 1.29 is 4.57 Å². The van der Waals surface area contributed by atoms with Gasteiger partial charge in [-0.05, 0) is 25.7 Å². The predicted octanol–water partition coefficient (Wildman–Crippen LogP) is 8.54. The highest BCUT2D eigenvalue weighted by Gasteiger charge is 2.11. The van der Waals surface area contributed by atoms with Crippen LogP contribution in [0.5, 0.6) is 0 Å². The summed E-state index contributed by atoms with van der Waals surface area (Å²) >= 11 is 0. The molecule has 0 aromatic carbocycles. The van der Waals surface area contributed by atoms with Crippen molar-refractivity contribution in [2.24, 2.45) is 0 Å². The summed E-state index contributed by atoms with van der Waals surface area (Å²) in [6, 6.07) is 0. The molecule has 0 amide bonds. The van der Waals surface area contributed by atoms with Gasteiger partial charge < -0.3 is 0 Å². The molecule has 0 atom stereocenters. The quantitative estimate of drug-likeness (QED) is 0.143. The van der Waals surface area contributed by atoms with Crippen molar-refractivity contribution in [1.82, 2.24) is 4.57 Å². The summed E-state index contributed by atoms with van der Waals surface area (Å²) in [5.41, 5.74) is 0. The van der Waals surface area contributed by atoms with Crippen molar-refractivity contribution in [2.75, 3.05) is 0 Å². The summed E-state index contributed by atoms with van der Waals surface area (Å²) in [7, 11) is 0. The van der Waals surface area contributed by atoms with Gasteiger partial charge in [-0.25, -0.2) is 9.13 Å². The van der Waals surface area contributed by atoms with Gasteiger partial charge in [0.1, 0.15) is 12.4 Å². The van der Waals surface area contributed by atoms with Gasteiger partial charge in [0.15, 0.2) is 0 Å². The Hall–Kier alpha value is -0.790. The Morgan fingerprint density at radius 2 is 1.00 bits per heavy atom. The van der Waals surface area contributed by atoms with Crippen LogP contribution in [0.25, 0.3) is 0 Å². The van der Waals surface area contributed by atoms with E-state index in [9.17, 15) is 0 Å². The summed E-state index contributed by atoms with van der Waals surface area (Å²) in [5, 5.41) is 0. The second-order valence-corrected chi connectivity index (χ2v) is 9.24.